The topological polar surface area (TPSA) is 76.7 Å². The average Bonchev–Trinajstić information content (AvgIpc) is 2.64. The third-order valence-electron chi connectivity index (χ3n) is 3.42. The number of hydrazine groups is 1. The molecule has 0 heterocycles. The van der Waals surface area contributed by atoms with Crippen molar-refractivity contribution >= 4 is 23.6 Å². The molecular weight excluding hydrogens is 340 g/mol. The fraction of sp³-hybridized carbons (Fsp3) is 0.222. The number of benzene rings is 2. The maximum Gasteiger partial charge on any atom is 0.276 e. The number of hydrogen-bond donors (Lipinski definition) is 2. The highest BCUT2D eigenvalue weighted by Crippen LogP contribution is 2.25. The predicted octanol–water partition coefficient (Wildman–Crippen LogP) is 2.57. The Balaban J connectivity index is 1.89. The van der Waals surface area contributed by atoms with Gasteiger partial charge in [-0.2, -0.15) is 0 Å². The number of para-hydroxylation sites is 1. The first-order chi connectivity index (χ1) is 12.0. The van der Waals surface area contributed by atoms with Crippen LogP contribution in [0.4, 0.5) is 0 Å². The summed E-state index contributed by atoms with van der Waals surface area (Å²) >= 11 is 1.54. The molecular formula is C18H20N2O4S. The van der Waals surface area contributed by atoms with Crippen molar-refractivity contribution in [1.29, 1.82) is 0 Å². The second-order valence-corrected chi connectivity index (χ2v) is 6.00. The van der Waals surface area contributed by atoms with Crippen LogP contribution in [0.25, 0.3) is 0 Å². The second-order valence-electron chi connectivity index (χ2n) is 5.12. The van der Waals surface area contributed by atoms with Gasteiger partial charge < -0.3 is 9.47 Å². The molecule has 2 rings (SSSR count). The predicted molar refractivity (Wildman–Crippen MR) is 97.1 cm³/mol. The highest BCUT2D eigenvalue weighted by molar-refractivity contribution is 7.98. The van der Waals surface area contributed by atoms with Crippen molar-refractivity contribution in [2.75, 3.05) is 20.0 Å². The summed E-state index contributed by atoms with van der Waals surface area (Å²) in [4.78, 5) is 25.0. The van der Waals surface area contributed by atoms with Gasteiger partial charge in [0.25, 0.3) is 11.8 Å². The van der Waals surface area contributed by atoms with E-state index in [2.05, 4.69) is 10.9 Å². The summed E-state index contributed by atoms with van der Waals surface area (Å²) in [5.41, 5.74) is 5.95. The van der Waals surface area contributed by atoms with Gasteiger partial charge in [-0.1, -0.05) is 18.2 Å². The molecule has 0 radical (unpaired) electrons. The van der Waals surface area contributed by atoms with E-state index in [9.17, 15) is 9.59 Å². The van der Waals surface area contributed by atoms with E-state index in [4.69, 9.17) is 9.47 Å². The number of ether oxygens (including phenoxy) is 2. The fourth-order valence-corrected chi connectivity index (χ4v) is 2.51. The van der Waals surface area contributed by atoms with Gasteiger partial charge in [0.1, 0.15) is 11.5 Å². The van der Waals surface area contributed by atoms with Crippen molar-refractivity contribution in [3.8, 4) is 11.5 Å². The van der Waals surface area contributed by atoms with Crippen molar-refractivity contribution in [2.24, 2.45) is 0 Å². The van der Waals surface area contributed by atoms with Gasteiger partial charge in [0, 0.05) is 4.90 Å². The zero-order valence-corrected chi connectivity index (χ0v) is 15.1. The number of carbonyl (C=O) groups excluding carboxylic acids is 2. The molecule has 0 aliphatic rings. The van der Waals surface area contributed by atoms with Gasteiger partial charge in [-0.25, -0.2) is 0 Å². The molecule has 0 fully saturated rings. The minimum absolute atomic E-state index is 0.201. The van der Waals surface area contributed by atoms with Gasteiger partial charge in [-0.05, 0) is 43.0 Å². The Kier molecular flexibility index (Phi) is 6.71. The van der Waals surface area contributed by atoms with Crippen LogP contribution in [0, 0.1) is 6.92 Å². The van der Waals surface area contributed by atoms with Crippen molar-refractivity contribution in [3.05, 3.63) is 53.6 Å². The van der Waals surface area contributed by atoms with E-state index in [0.29, 0.717) is 17.1 Å². The van der Waals surface area contributed by atoms with E-state index in [0.717, 1.165) is 10.5 Å². The Labute approximate surface area is 150 Å². The van der Waals surface area contributed by atoms with Crippen LogP contribution in [0.15, 0.2) is 47.4 Å². The summed E-state index contributed by atoms with van der Waals surface area (Å²) in [7, 11) is 1.49. The summed E-state index contributed by atoms with van der Waals surface area (Å²) in [6, 6.07) is 12.6. The molecule has 0 bridgehead atoms. The lowest BCUT2D eigenvalue weighted by Gasteiger charge is -2.12. The van der Waals surface area contributed by atoms with Gasteiger partial charge in [0.2, 0.25) is 0 Å². The number of nitrogens with one attached hydrogen (secondary N) is 2. The molecule has 2 aromatic rings. The van der Waals surface area contributed by atoms with Crippen LogP contribution in [-0.4, -0.2) is 31.8 Å². The number of thioether (sulfide) groups is 1. The van der Waals surface area contributed by atoms with E-state index < -0.39 is 11.8 Å². The largest absolute Gasteiger partial charge is 0.496 e. The number of methoxy groups -OCH3 is 1. The molecule has 2 aromatic carbocycles. The molecule has 0 atom stereocenters. The third-order valence-corrected chi connectivity index (χ3v) is 4.15. The van der Waals surface area contributed by atoms with Gasteiger partial charge in [0.05, 0.1) is 12.7 Å². The van der Waals surface area contributed by atoms with E-state index >= 15 is 0 Å². The lowest BCUT2D eigenvalue weighted by atomic mass is 10.2. The van der Waals surface area contributed by atoms with Crippen LogP contribution in [0.2, 0.25) is 0 Å². The fourth-order valence-electron chi connectivity index (χ4n) is 2.08. The molecule has 25 heavy (non-hydrogen) atoms. The first-order valence-corrected chi connectivity index (χ1v) is 8.77. The molecule has 2 N–H and O–H groups in total. The first kappa shape index (κ1) is 18.7. The second kappa shape index (κ2) is 8.98. The molecule has 0 aliphatic carbocycles. The van der Waals surface area contributed by atoms with Crippen LogP contribution in [0.3, 0.4) is 0 Å². The monoisotopic (exact) mass is 360 g/mol. The van der Waals surface area contributed by atoms with Crippen molar-refractivity contribution in [2.45, 2.75) is 11.8 Å². The summed E-state index contributed by atoms with van der Waals surface area (Å²) in [6.07, 6.45) is 1.93. The SMILES string of the molecule is COc1cc(SC)ccc1C(=O)NNC(=O)COc1ccccc1C. The lowest BCUT2D eigenvalue weighted by Crippen LogP contribution is -2.43. The van der Waals surface area contributed by atoms with Crippen LogP contribution in [-0.2, 0) is 4.79 Å². The summed E-state index contributed by atoms with van der Waals surface area (Å²) in [5, 5.41) is 0. The number of rotatable bonds is 6. The number of aryl methyl sites for hydroxylation is 1. The van der Waals surface area contributed by atoms with Crippen molar-refractivity contribution in [1.82, 2.24) is 10.9 Å². The third kappa shape index (κ3) is 5.15. The molecule has 0 spiro atoms. The first-order valence-electron chi connectivity index (χ1n) is 7.54. The lowest BCUT2D eigenvalue weighted by molar-refractivity contribution is -0.123. The van der Waals surface area contributed by atoms with Crippen molar-refractivity contribution < 1.29 is 19.1 Å². The average molecular weight is 360 g/mol. The standard InChI is InChI=1S/C18H20N2O4S/c1-12-6-4-5-7-15(12)24-11-17(21)19-20-18(22)14-9-8-13(25-3)10-16(14)23-2/h4-10H,11H2,1-3H3,(H,19,21)(H,20,22). The normalized spacial score (nSPS) is 10.0. The number of hydrogen-bond acceptors (Lipinski definition) is 5. The highest BCUT2D eigenvalue weighted by atomic mass is 32.2. The molecule has 0 aromatic heterocycles. The van der Waals surface area contributed by atoms with E-state index in [1.54, 1.807) is 30.0 Å². The zero-order valence-electron chi connectivity index (χ0n) is 14.3. The van der Waals surface area contributed by atoms with Crippen molar-refractivity contribution in [3.63, 3.8) is 0 Å². The van der Waals surface area contributed by atoms with Crippen LogP contribution < -0.4 is 20.3 Å². The smallest absolute Gasteiger partial charge is 0.276 e. The van der Waals surface area contributed by atoms with E-state index in [1.165, 1.54) is 7.11 Å². The molecule has 6 nitrogen and oxygen atoms in total. The Morgan fingerprint density at radius 3 is 2.52 bits per heavy atom. The van der Waals surface area contributed by atoms with Gasteiger partial charge in [-0.15, -0.1) is 11.8 Å². The molecule has 2 amide bonds. The van der Waals surface area contributed by atoms with E-state index in [1.807, 2.05) is 37.4 Å². The van der Waals surface area contributed by atoms with Crippen LogP contribution in [0.1, 0.15) is 15.9 Å². The quantitative estimate of drug-likeness (QED) is 0.612. The zero-order chi connectivity index (χ0) is 18.2. The molecule has 7 heteroatoms. The Bertz CT molecular complexity index is 764. The summed E-state index contributed by atoms with van der Waals surface area (Å²) < 4.78 is 10.6. The maximum absolute atomic E-state index is 12.2. The molecule has 0 unspecified atom stereocenters. The number of carbonyl (C=O) groups is 2. The van der Waals surface area contributed by atoms with Gasteiger partial charge >= 0.3 is 0 Å². The highest BCUT2D eigenvalue weighted by Gasteiger charge is 2.14. The maximum atomic E-state index is 12.2. The molecule has 0 saturated heterocycles. The van der Waals surface area contributed by atoms with Crippen LogP contribution in [0.5, 0.6) is 11.5 Å². The summed E-state index contributed by atoms with van der Waals surface area (Å²) in [5.74, 6) is 0.137. The molecule has 0 aliphatic heterocycles. The molecule has 132 valence electrons. The Morgan fingerprint density at radius 1 is 1.08 bits per heavy atom. The Hall–Kier alpha value is -2.67. The van der Waals surface area contributed by atoms with Gasteiger partial charge in [-0.3, -0.25) is 20.4 Å². The minimum atomic E-state index is -0.464. The van der Waals surface area contributed by atoms with Crippen LogP contribution >= 0.6 is 11.8 Å². The minimum Gasteiger partial charge on any atom is -0.496 e. The van der Waals surface area contributed by atoms with E-state index in [-0.39, 0.29) is 6.61 Å². The molecule has 0 saturated carbocycles. The van der Waals surface area contributed by atoms with Gasteiger partial charge in [0.15, 0.2) is 6.61 Å². The number of amides is 2. The summed E-state index contributed by atoms with van der Waals surface area (Å²) in [6.45, 7) is 1.69. The Morgan fingerprint density at radius 2 is 1.84 bits per heavy atom.